The average molecular weight is 593 g/mol. The minimum atomic E-state index is -3.73. The fraction of sp³-hybridized carbons (Fsp3) is 0.355. The van der Waals surface area contributed by atoms with Gasteiger partial charge >= 0.3 is 0 Å². The van der Waals surface area contributed by atoms with E-state index >= 15 is 0 Å². The normalized spacial score (nSPS) is 18.6. The number of amides is 2. The summed E-state index contributed by atoms with van der Waals surface area (Å²) in [4.78, 5) is 31.8. The number of carbonyl (C=O) groups excluding carboxylic acids is 2. The number of nitrogens with zero attached hydrogens (tertiary/aromatic N) is 1. The number of carbonyl (C=O) groups is 2. The third-order valence-electron chi connectivity index (χ3n) is 8.25. The van der Waals surface area contributed by atoms with Gasteiger partial charge < -0.3 is 20.5 Å². The predicted molar refractivity (Wildman–Crippen MR) is 161 cm³/mol. The minimum Gasteiger partial charge on any atom is -0.358 e. The highest BCUT2D eigenvalue weighted by Gasteiger charge is 2.31. The van der Waals surface area contributed by atoms with E-state index in [2.05, 4.69) is 15.6 Å². The summed E-state index contributed by atoms with van der Waals surface area (Å²) in [6.07, 6.45) is 6.10. The zero-order valence-corrected chi connectivity index (χ0v) is 24.7. The Morgan fingerprint density at radius 1 is 1.07 bits per heavy atom. The summed E-state index contributed by atoms with van der Waals surface area (Å²) < 4.78 is 26.5. The lowest BCUT2D eigenvalue weighted by atomic mass is 10.0. The number of sulfone groups is 1. The molecule has 3 aliphatic rings. The van der Waals surface area contributed by atoms with E-state index in [1.807, 2.05) is 18.7 Å². The topological polar surface area (TPSA) is 111 Å². The van der Waals surface area contributed by atoms with E-state index < -0.39 is 9.84 Å². The molecule has 214 valence electrons. The van der Waals surface area contributed by atoms with Crippen LogP contribution >= 0.6 is 11.6 Å². The molecule has 2 amide bonds. The Balaban J connectivity index is 1.25. The Morgan fingerprint density at radius 3 is 2.49 bits per heavy atom. The number of aryl methyl sites for hydroxylation is 1. The van der Waals surface area contributed by atoms with Crippen LogP contribution in [-0.4, -0.2) is 55.3 Å². The molecule has 6 rings (SSSR count). The molecule has 0 spiro atoms. The van der Waals surface area contributed by atoms with E-state index in [1.165, 1.54) is 25.0 Å². The van der Waals surface area contributed by atoms with Crippen LogP contribution in [0, 0.1) is 13.8 Å². The van der Waals surface area contributed by atoms with Gasteiger partial charge in [0.2, 0.25) is 0 Å². The second kappa shape index (κ2) is 10.8. The Hall–Kier alpha value is -3.40. The summed E-state index contributed by atoms with van der Waals surface area (Å²) in [6, 6.07) is 12.6. The van der Waals surface area contributed by atoms with Gasteiger partial charge in [0, 0.05) is 52.8 Å². The summed E-state index contributed by atoms with van der Waals surface area (Å²) >= 11 is 6.21. The van der Waals surface area contributed by atoms with E-state index in [-0.39, 0.29) is 22.5 Å². The van der Waals surface area contributed by atoms with Crippen molar-refractivity contribution < 1.29 is 18.0 Å². The molecule has 0 radical (unpaired) electrons. The molecule has 1 saturated heterocycles. The zero-order chi connectivity index (χ0) is 28.9. The molecule has 2 fully saturated rings. The van der Waals surface area contributed by atoms with Crippen LogP contribution < -0.4 is 10.6 Å². The number of piperidine rings is 1. The highest BCUT2D eigenvalue weighted by Crippen LogP contribution is 2.36. The third-order valence-corrected chi connectivity index (χ3v) is 10.3. The number of nitrogens with one attached hydrogen (secondary N) is 3. The first-order valence-electron chi connectivity index (χ1n) is 14.0. The number of rotatable bonds is 7. The SMILES string of the molecule is Cc1[nH]c(/C=C2\C(=O)Nc3ccc(S(=O)(=O)Cc4ccccc4Cl)cc32)c(C)c1C(=O)N1CCC(NC2CC2)CC1. The first-order chi connectivity index (χ1) is 19.6. The zero-order valence-electron chi connectivity index (χ0n) is 23.1. The van der Waals surface area contributed by atoms with Crippen LogP contribution in [0.4, 0.5) is 5.69 Å². The molecular formula is C31H33ClN4O4S. The van der Waals surface area contributed by atoms with Crippen LogP contribution in [0.1, 0.15) is 64.1 Å². The second-order valence-corrected chi connectivity index (χ2v) is 13.6. The van der Waals surface area contributed by atoms with Crippen LogP contribution in [0.2, 0.25) is 5.02 Å². The molecule has 2 aromatic carbocycles. The molecule has 3 N–H and O–H groups in total. The van der Waals surface area contributed by atoms with E-state index in [9.17, 15) is 18.0 Å². The van der Waals surface area contributed by atoms with Crippen LogP contribution in [-0.2, 0) is 20.4 Å². The van der Waals surface area contributed by atoms with Crippen LogP contribution in [0.3, 0.4) is 0 Å². The summed E-state index contributed by atoms with van der Waals surface area (Å²) in [5, 5.41) is 6.88. The van der Waals surface area contributed by atoms with Gasteiger partial charge in [-0.05, 0) is 81.0 Å². The maximum absolute atomic E-state index is 13.5. The quantitative estimate of drug-likeness (QED) is 0.330. The molecule has 8 nitrogen and oxygen atoms in total. The largest absolute Gasteiger partial charge is 0.358 e. The molecule has 41 heavy (non-hydrogen) atoms. The number of H-pyrrole nitrogens is 1. The number of fused-ring (bicyclic) bond motifs is 1. The smallest absolute Gasteiger partial charge is 0.256 e. The number of benzene rings is 2. The van der Waals surface area contributed by atoms with Gasteiger partial charge in [0.25, 0.3) is 11.8 Å². The summed E-state index contributed by atoms with van der Waals surface area (Å²) in [5.74, 6) is -0.583. The van der Waals surface area contributed by atoms with Crippen LogP contribution in [0.5, 0.6) is 0 Å². The Kier molecular flexibility index (Phi) is 7.30. The van der Waals surface area contributed by atoms with Crippen molar-refractivity contribution in [2.24, 2.45) is 0 Å². The van der Waals surface area contributed by atoms with Crippen molar-refractivity contribution in [2.45, 2.75) is 62.3 Å². The van der Waals surface area contributed by atoms with Crippen molar-refractivity contribution >= 4 is 50.6 Å². The number of likely N-dealkylation sites (tertiary alicyclic amines) is 1. The number of aromatic amines is 1. The lowest BCUT2D eigenvalue weighted by Crippen LogP contribution is -2.45. The maximum atomic E-state index is 13.5. The molecule has 3 heterocycles. The molecule has 10 heteroatoms. The van der Waals surface area contributed by atoms with E-state index in [0.717, 1.165) is 24.1 Å². The lowest BCUT2D eigenvalue weighted by Gasteiger charge is -2.32. The van der Waals surface area contributed by atoms with Crippen molar-refractivity contribution in [3.05, 3.63) is 81.1 Å². The Bertz CT molecular complexity index is 1680. The van der Waals surface area contributed by atoms with Gasteiger partial charge in [-0.3, -0.25) is 9.59 Å². The molecule has 0 bridgehead atoms. The number of aromatic nitrogens is 1. The third kappa shape index (κ3) is 5.58. The Morgan fingerprint density at radius 2 is 1.78 bits per heavy atom. The van der Waals surface area contributed by atoms with Gasteiger partial charge in [-0.15, -0.1) is 0 Å². The van der Waals surface area contributed by atoms with Gasteiger partial charge in [-0.1, -0.05) is 29.8 Å². The molecule has 3 aromatic rings. The number of anilines is 1. The molecule has 2 aliphatic heterocycles. The number of hydrogen-bond acceptors (Lipinski definition) is 5. The van der Waals surface area contributed by atoms with Gasteiger partial charge in [0.05, 0.1) is 21.8 Å². The second-order valence-electron chi connectivity index (χ2n) is 11.2. The first kappa shape index (κ1) is 27.8. The Labute approximate surface area is 245 Å². The van der Waals surface area contributed by atoms with Crippen molar-refractivity contribution in [3.63, 3.8) is 0 Å². The molecule has 1 saturated carbocycles. The van der Waals surface area contributed by atoms with Gasteiger partial charge in [0.15, 0.2) is 9.84 Å². The standard InChI is InChI=1S/C31H33ClN4O4S/c1-18-28(33-19(2)29(18)31(38)36-13-11-22(12-14-36)34-21-7-8-21)16-25-24-15-23(9-10-27(24)35-30(25)37)41(39,40)17-20-5-3-4-6-26(20)32/h3-6,9-10,15-16,21-22,33-34H,7-8,11-14,17H2,1-2H3,(H,35,37)/b25-16-. The fourth-order valence-electron chi connectivity index (χ4n) is 5.78. The number of halogens is 1. The summed E-state index contributed by atoms with van der Waals surface area (Å²) in [6.45, 7) is 5.17. The first-order valence-corrected chi connectivity index (χ1v) is 16.0. The van der Waals surface area contributed by atoms with Gasteiger partial charge in [-0.2, -0.15) is 0 Å². The van der Waals surface area contributed by atoms with E-state index in [4.69, 9.17) is 11.6 Å². The molecule has 0 atom stereocenters. The highest BCUT2D eigenvalue weighted by atomic mass is 35.5. The minimum absolute atomic E-state index is 0.00463. The van der Waals surface area contributed by atoms with Gasteiger partial charge in [-0.25, -0.2) is 8.42 Å². The monoisotopic (exact) mass is 592 g/mol. The highest BCUT2D eigenvalue weighted by molar-refractivity contribution is 7.90. The molecular weight excluding hydrogens is 560 g/mol. The average Bonchev–Trinajstić information content (AvgIpc) is 3.64. The van der Waals surface area contributed by atoms with Crippen molar-refractivity contribution in [1.29, 1.82) is 0 Å². The van der Waals surface area contributed by atoms with Crippen molar-refractivity contribution in [2.75, 3.05) is 18.4 Å². The van der Waals surface area contributed by atoms with E-state index in [1.54, 1.807) is 36.4 Å². The van der Waals surface area contributed by atoms with Crippen LogP contribution in [0.25, 0.3) is 11.6 Å². The summed E-state index contributed by atoms with van der Waals surface area (Å²) in [5.41, 5.74) is 4.67. The van der Waals surface area contributed by atoms with Crippen molar-refractivity contribution in [3.8, 4) is 0 Å². The van der Waals surface area contributed by atoms with Gasteiger partial charge in [0.1, 0.15) is 0 Å². The molecule has 0 unspecified atom stereocenters. The molecule has 1 aliphatic carbocycles. The summed E-state index contributed by atoms with van der Waals surface area (Å²) in [7, 11) is -3.73. The molecule has 1 aromatic heterocycles. The van der Waals surface area contributed by atoms with E-state index in [0.29, 0.717) is 63.8 Å². The van der Waals surface area contributed by atoms with Crippen LogP contribution in [0.15, 0.2) is 47.4 Å². The maximum Gasteiger partial charge on any atom is 0.256 e. The number of hydrogen-bond donors (Lipinski definition) is 3. The fourth-order valence-corrected chi connectivity index (χ4v) is 7.46. The predicted octanol–water partition coefficient (Wildman–Crippen LogP) is 5.11. The van der Waals surface area contributed by atoms with Crippen molar-refractivity contribution in [1.82, 2.24) is 15.2 Å². The lowest BCUT2D eigenvalue weighted by molar-refractivity contribution is -0.110.